The van der Waals surface area contributed by atoms with E-state index < -0.39 is 0 Å². The van der Waals surface area contributed by atoms with Crippen LogP contribution in [0.5, 0.6) is 0 Å². The third-order valence-electron chi connectivity index (χ3n) is 3.37. The second-order valence-corrected chi connectivity index (χ2v) is 5.33. The molecule has 20 heavy (non-hydrogen) atoms. The summed E-state index contributed by atoms with van der Waals surface area (Å²) in [5, 5.41) is 13.7. The van der Waals surface area contributed by atoms with Crippen LogP contribution in [0.25, 0.3) is 0 Å². The molecule has 0 atom stereocenters. The first-order valence-corrected chi connectivity index (χ1v) is 8.74. The van der Waals surface area contributed by atoms with Gasteiger partial charge in [-0.3, -0.25) is 0 Å². The van der Waals surface area contributed by atoms with Gasteiger partial charge in [0, 0.05) is 0 Å². The maximum absolute atomic E-state index is 3.53. The SMILES string of the molecule is CCNCCCCNCCCCCNCCCNCC. The number of unbranched alkanes of at least 4 members (excludes halogenated alkanes) is 3. The van der Waals surface area contributed by atoms with Crippen LogP contribution in [0, 0.1) is 0 Å². The van der Waals surface area contributed by atoms with Gasteiger partial charge in [0.2, 0.25) is 0 Å². The fraction of sp³-hybridized carbons (Fsp3) is 1.00. The molecule has 0 rings (SSSR count). The monoisotopic (exact) mass is 286 g/mol. The largest absolute Gasteiger partial charge is 0.317 e. The van der Waals surface area contributed by atoms with Crippen molar-refractivity contribution in [3.05, 3.63) is 0 Å². The Morgan fingerprint density at radius 1 is 0.400 bits per heavy atom. The molecule has 0 aromatic heterocycles. The Hall–Kier alpha value is -0.160. The Morgan fingerprint density at radius 2 is 0.750 bits per heavy atom. The van der Waals surface area contributed by atoms with E-state index in [1.54, 1.807) is 0 Å². The molecular weight excluding hydrogens is 248 g/mol. The fourth-order valence-electron chi connectivity index (χ4n) is 2.12. The standard InChI is InChI=1S/C16H38N4/c1-3-17-11-8-9-14-19-12-6-5-7-13-20-16-10-15-18-4-2/h17-20H,3-16H2,1-2H3. The maximum atomic E-state index is 3.53. The molecule has 0 spiro atoms. The quantitative estimate of drug-likeness (QED) is 0.308. The van der Waals surface area contributed by atoms with E-state index in [1.807, 2.05) is 0 Å². The molecule has 0 aromatic rings. The highest BCUT2D eigenvalue weighted by Crippen LogP contribution is 1.93. The van der Waals surface area contributed by atoms with Gasteiger partial charge in [0.05, 0.1) is 0 Å². The first-order chi connectivity index (χ1) is 9.91. The molecular formula is C16H38N4. The van der Waals surface area contributed by atoms with Gasteiger partial charge in [0.1, 0.15) is 0 Å². The predicted octanol–water partition coefficient (Wildman–Crippen LogP) is 1.73. The van der Waals surface area contributed by atoms with Gasteiger partial charge in [0.15, 0.2) is 0 Å². The first kappa shape index (κ1) is 19.8. The van der Waals surface area contributed by atoms with Crippen LogP contribution in [0.15, 0.2) is 0 Å². The smallest absolute Gasteiger partial charge is 0.00368 e. The van der Waals surface area contributed by atoms with Crippen LogP contribution in [0.1, 0.15) is 52.4 Å². The average Bonchev–Trinajstić information content (AvgIpc) is 2.47. The molecule has 4 heteroatoms. The normalized spacial score (nSPS) is 11.1. The Morgan fingerprint density at radius 3 is 1.25 bits per heavy atom. The van der Waals surface area contributed by atoms with Crippen LogP contribution in [-0.4, -0.2) is 52.4 Å². The molecule has 0 unspecified atom stereocenters. The topological polar surface area (TPSA) is 48.1 Å². The molecule has 122 valence electrons. The van der Waals surface area contributed by atoms with Crippen molar-refractivity contribution in [2.75, 3.05) is 52.4 Å². The Balaban J connectivity index is 2.89. The minimum Gasteiger partial charge on any atom is -0.317 e. The van der Waals surface area contributed by atoms with Crippen LogP contribution in [0.2, 0.25) is 0 Å². The van der Waals surface area contributed by atoms with Crippen molar-refractivity contribution < 1.29 is 0 Å². The van der Waals surface area contributed by atoms with Gasteiger partial charge in [-0.1, -0.05) is 20.3 Å². The number of nitrogens with one attached hydrogen (secondary N) is 4. The van der Waals surface area contributed by atoms with Gasteiger partial charge < -0.3 is 21.3 Å². The lowest BCUT2D eigenvalue weighted by molar-refractivity contribution is 0.544. The van der Waals surface area contributed by atoms with Crippen molar-refractivity contribution in [2.24, 2.45) is 0 Å². The van der Waals surface area contributed by atoms with Crippen molar-refractivity contribution >= 4 is 0 Å². The lowest BCUT2D eigenvalue weighted by Crippen LogP contribution is -2.22. The molecule has 0 fully saturated rings. The summed E-state index contributed by atoms with van der Waals surface area (Å²) in [6.07, 6.45) is 7.78. The molecule has 0 heterocycles. The van der Waals surface area contributed by atoms with E-state index in [4.69, 9.17) is 0 Å². The summed E-state index contributed by atoms with van der Waals surface area (Å²) in [4.78, 5) is 0. The summed E-state index contributed by atoms with van der Waals surface area (Å²) in [5.41, 5.74) is 0. The van der Waals surface area contributed by atoms with Crippen molar-refractivity contribution in [3.63, 3.8) is 0 Å². The first-order valence-electron chi connectivity index (χ1n) is 8.74. The lowest BCUT2D eigenvalue weighted by Gasteiger charge is -2.06. The van der Waals surface area contributed by atoms with Crippen LogP contribution < -0.4 is 21.3 Å². The molecule has 0 radical (unpaired) electrons. The van der Waals surface area contributed by atoms with E-state index in [0.29, 0.717) is 0 Å². The van der Waals surface area contributed by atoms with E-state index in [1.165, 1.54) is 58.2 Å². The summed E-state index contributed by atoms with van der Waals surface area (Å²) in [5.74, 6) is 0. The number of rotatable bonds is 17. The predicted molar refractivity (Wildman–Crippen MR) is 90.5 cm³/mol. The summed E-state index contributed by atoms with van der Waals surface area (Å²) in [6, 6.07) is 0. The van der Waals surface area contributed by atoms with Gasteiger partial charge in [-0.05, 0) is 84.5 Å². The van der Waals surface area contributed by atoms with Gasteiger partial charge in [-0.2, -0.15) is 0 Å². The molecule has 0 aliphatic heterocycles. The highest BCUT2D eigenvalue weighted by Gasteiger charge is 1.92. The summed E-state index contributed by atoms with van der Waals surface area (Å²) < 4.78 is 0. The number of hydrogen-bond acceptors (Lipinski definition) is 4. The van der Waals surface area contributed by atoms with Crippen LogP contribution >= 0.6 is 0 Å². The Labute approximate surface area is 126 Å². The molecule has 0 aliphatic rings. The van der Waals surface area contributed by atoms with Crippen molar-refractivity contribution in [2.45, 2.75) is 52.4 Å². The second kappa shape index (κ2) is 18.8. The second-order valence-electron chi connectivity index (χ2n) is 5.33. The molecule has 0 saturated heterocycles. The van der Waals surface area contributed by atoms with Crippen molar-refractivity contribution in [1.29, 1.82) is 0 Å². The summed E-state index contributed by atoms with van der Waals surface area (Å²) in [7, 11) is 0. The van der Waals surface area contributed by atoms with E-state index in [9.17, 15) is 0 Å². The number of hydrogen-bond donors (Lipinski definition) is 4. The zero-order valence-electron chi connectivity index (χ0n) is 13.9. The lowest BCUT2D eigenvalue weighted by atomic mass is 10.2. The van der Waals surface area contributed by atoms with Gasteiger partial charge >= 0.3 is 0 Å². The van der Waals surface area contributed by atoms with Crippen LogP contribution in [0.4, 0.5) is 0 Å². The fourth-order valence-corrected chi connectivity index (χ4v) is 2.12. The van der Waals surface area contributed by atoms with Gasteiger partial charge in [0.25, 0.3) is 0 Å². The highest BCUT2D eigenvalue weighted by molar-refractivity contribution is 4.54. The minimum atomic E-state index is 1.09. The third kappa shape index (κ3) is 17.8. The zero-order valence-corrected chi connectivity index (χ0v) is 13.9. The van der Waals surface area contributed by atoms with Gasteiger partial charge in [-0.15, -0.1) is 0 Å². The zero-order chi connectivity index (χ0) is 14.7. The highest BCUT2D eigenvalue weighted by atomic mass is 14.9. The minimum absolute atomic E-state index is 1.09. The Bertz CT molecular complexity index is 147. The van der Waals surface area contributed by atoms with Crippen LogP contribution in [0.3, 0.4) is 0 Å². The van der Waals surface area contributed by atoms with Crippen molar-refractivity contribution in [1.82, 2.24) is 21.3 Å². The molecule has 0 saturated carbocycles. The van der Waals surface area contributed by atoms with E-state index in [-0.39, 0.29) is 0 Å². The molecule has 0 aliphatic carbocycles. The summed E-state index contributed by atoms with van der Waals surface area (Å²) in [6.45, 7) is 13.5. The third-order valence-corrected chi connectivity index (χ3v) is 3.37. The van der Waals surface area contributed by atoms with E-state index in [2.05, 4.69) is 35.1 Å². The molecule has 0 bridgehead atoms. The average molecular weight is 287 g/mol. The van der Waals surface area contributed by atoms with Crippen LogP contribution in [-0.2, 0) is 0 Å². The van der Waals surface area contributed by atoms with E-state index in [0.717, 1.165) is 32.7 Å². The van der Waals surface area contributed by atoms with E-state index >= 15 is 0 Å². The molecule has 4 N–H and O–H groups in total. The molecule has 4 nitrogen and oxygen atoms in total. The van der Waals surface area contributed by atoms with Gasteiger partial charge in [-0.25, -0.2) is 0 Å². The van der Waals surface area contributed by atoms with Crippen molar-refractivity contribution in [3.8, 4) is 0 Å². The Kier molecular flexibility index (Phi) is 18.7. The molecule has 0 aromatic carbocycles. The molecule has 0 amide bonds. The summed E-state index contributed by atoms with van der Waals surface area (Å²) >= 11 is 0. The maximum Gasteiger partial charge on any atom is -0.00368 e.